The third-order valence-corrected chi connectivity index (χ3v) is 5.51. The van der Waals surface area contributed by atoms with Crippen LogP contribution in [-0.4, -0.2) is 11.7 Å². The SMILES string of the molecule is CC(=O)N1c2ccccc2NC2=C(C(=O)CCC2)C1c1cccs1. The zero-order valence-corrected chi connectivity index (χ0v) is 14.2. The summed E-state index contributed by atoms with van der Waals surface area (Å²) in [4.78, 5) is 28.1. The van der Waals surface area contributed by atoms with Gasteiger partial charge in [-0.25, -0.2) is 0 Å². The molecule has 0 saturated heterocycles. The number of rotatable bonds is 1. The van der Waals surface area contributed by atoms with Gasteiger partial charge in [0.05, 0.1) is 11.4 Å². The second kappa shape index (κ2) is 5.91. The first-order valence-electron chi connectivity index (χ1n) is 8.12. The van der Waals surface area contributed by atoms with Crippen molar-refractivity contribution in [1.29, 1.82) is 0 Å². The van der Waals surface area contributed by atoms with E-state index in [2.05, 4.69) is 5.32 Å². The number of thiophene rings is 1. The van der Waals surface area contributed by atoms with Crippen LogP contribution in [0.25, 0.3) is 0 Å². The average molecular weight is 338 g/mol. The minimum absolute atomic E-state index is 0.0604. The van der Waals surface area contributed by atoms with E-state index in [0.717, 1.165) is 40.4 Å². The fourth-order valence-corrected chi connectivity index (χ4v) is 4.42. The summed E-state index contributed by atoms with van der Waals surface area (Å²) >= 11 is 1.58. The molecule has 1 unspecified atom stereocenters. The topological polar surface area (TPSA) is 49.4 Å². The summed E-state index contributed by atoms with van der Waals surface area (Å²) in [5, 5.41) is 5.43. The number of carbonyl (C=O) groups excluding carboxylic acids is 2. The summed E-state index contributed by atoms with van der Waals surface area (Å²) in [5.74, 6) is 0.0796. The summed E-state index contributed by atoms with van der Waals surface area (Å²) in [6, 6.07) is 11.4. The fraction of sp³-hybridized carbons (Fsp3) is 0.263. The van der Waals surface area contributed by atoms with E-state index in [1.807, 2.05) is 41.8 Å². The quantitative estimate of drug-likeness (QED) is 0.844. The third kappa shape index (κ3) is 2.36. The van der Waals surface area contributed by atoms with Gasteiger partial charge in [0.1, 0.15) is 6.04 Å². The molecule has 1 aliphatic carbocycles. The molecule has 0 spiro atoms. The van der Waals surface area contributed by atoms with Gasteiger partial charge in [0.25, 0.3) is 0 Å². The summed E-state index contributed by atoms with van der Waals surface area (Å²) < 4.78 is 0. The zero-order chi connectivity index (χ0) is 16.7. The zero-order valence-electron chi connectivity index (χ0n) is 13.4. The lowest BCUT2D eigenvalue weighted by Gasteiger charge is -2.32. The Balaban J connectivity index is 2.00. The third-order valence-electron chi connectivity index (χ3n) is 4.59. The van der Waals surface area contributed by atoms with Crippen molar-refractivity contribution in [1.82, 2.24) is 0 Å². The minimum Gasteiger partial charge on any atom is -0.357 e. The van der Waals surface area contributed by atoms with Crippen LogP contribution in [0.3, 0.4) is 0 Å². The molecule has 2 heterocycles. The predicted octanol–water partition coefficient (Wildman–Crippen LogP) is 4.27. The van der Waals surface area contributed by atoms with Gasteiger partial charge in [0, 0.05) is 29.5 Å². The van der Waals surface area contributed by atoms with E-state index in [1.54, 1.807) is 23.2 Å². The number of benzene rings is 1. The molecule has 1 aromatic heterocycles. The van der Waals surface area contributed by atoms with Crippen LogP contribution in [0.1, 0.15) is 37.1 Å². The van der Waals surface area contributed by atoms with Gasteiger partial charge in [-0.2, -0.15) is 0 Å². The molecular weight excluding hydrogens is 320 g/mol. The van der Waals surface area contributed by atoms with Gasteiger partial charge in [-0.15, -0.1) is 11.3 Å². The lowest BCUT2D eigenvalue weighted by Crippen LogP contribution is -2.36. The average Bonchev–Trinajstić information content (AvgIpc) is 3.03. The Bertz CT molecular complexity index is 839. The van der Waals surface area contributed by atoms with Gasteiger partial charge >= 0.3 is 0 Å². The van der Waals surface area contributed by atoms with Crippen molar-refractivity contribution in [3.8, 4) is 0 Å². The van der Waals surface area contributed by atoms with Crippen LogP contribution in [0.15, 0.2) is 53.0 Å². The molecule has 1 aliphatic heterocycles. The molecule has 2 aromatic rings. The van der Waals surface area contributed by atoms with Crippen LogP contribution in [0.4, 0.5) is 11.4 Å². The maximum atomic E-state index is 12.8. The summed E-state index contributed by atoms with van der Waals surface area (Å²) in [6.45, 7) is 1.57. The normalized spacial score (nSPS) is 20.1. The van der Waals surface area contributed by atoms with Crippen LogP contribution in [0, 0.1) is 0 Å². The largest absolute Gasteiger partial charge is 0.357 e. The second-order valence-electron chi connectivity index (χ2n) is 6.12. The van der Waals surface area contributed by atoms with Crippen molar-refractivity contribution in [3.63, 3.8) is 0 Å². The van der Waals surface area contributed by atoms with E-state index in [-0.39, 0.29) is 17.7 Å². The molecule has 0 fully saturated rings. The number of carbonyl (C=O) groups is 2. The van der Waals surface area contributed by atoms with Gasteiger partial charge in [0.2, 0.25) is 5.91 Å². The highest BCUT2D eigenvalue weighted by atomic mass is 32.1. The van der Waals surface area contributed by atoms with E-state index < -0.39 is 0 Å². The first kappa shape index (κ1) is 15.1. The van der Waals surface area contributed by atoms with Crippen LogP contribution in [-0.2, 0) is 9.59 Å². The molecule has 0 saturated carbocycles. The van der Waals surface area contributed by atoms with Crippen molar-refractivity contribution in [2.75, 3.05) is 10.2 Å². The molecule has 122 valence electrons. The Hall–Kier alpha value is -2.40. The highest BCUT2D eigenvalue weighted by Gasteiger charge is 2.38. The molecule has 1 aromatic carbocycles. The number of hydrogen-bond acceptors (Lipinski definition) is 4. The molecule has 2 aliphatic rings. The van der Waals surface area contributed by atoms with Gasteiger partial charge in [0.15, 0.2) is 5.78 Å². The molecular formula is C19H18N2O2S. The van der Waals surface area contributed by atoms with Crippen LogP contribution in [0.2, 0.25) is 0 Å². The molecule has 4 nitrogen and oxygen atoms in total. The van der Waals surface area contributed by atoms with Crippen LogP contribution >= 0.6 is 11.3 Å². The maximum absolute atomic E-state index is 12.8. The Kier molecular flexibility index (Phi) is 3.73. The molecule has 4 rings (SSSR count). The van der Waals surface area contributed by atoms with Crippen LogP contribution < -0.4 is 10.2 Å². The highest BCUT2D eigenvalue weighted by molar-refractivity contribution is 7.10. The number of ketones is 1. The smallest absolute Gasteiger partial charge is 0.224 e. The number of Topliss-reactive ketones (excluding diaryl/α,β-unsaturated/α-hetero) is 1. The summed E-state index contributed by atoms with van der Waals surface area (Å²) in [7, 11) is 0. The van der Waals surface area contributed by atoms with Crippen molar-refractivity contribution in [2.24, 2.45) is 0 Å². The minimum atomic E-state index is -0.346. The van der Waals surface area contributed by atoms with E-state index in [9.17, 15) is 9.59 Å². The van der Waals surface area contributed by atoms with Crippen molar-refractivity contribution in [2.45, 2.75) is 32.2 Å². The Morgan fingerprint density at radius 3 is 2.79 bits per heavy atom. The number of allylic oxidation sites excluding steroid dienone is 1. The number of nitrogens with one attached hydrogen (secondary N) is 1. The van der Waals surface area contributed by atoms with Gasteiger partial charge in [-0.1, -0.05) is 18.2 Å². The standard InChI is InChI=1S/C19H18N2O2S/c1-12(22)21-15-8-3-2-6-13(15)20-14-7-4-9-16(23)18(14)19(21)17-10-5-11-24-17/h2-3,5-6,8,10-11,19-20H,4,7,9H2,1H3. The number of fused-ring (bicyclic) bond motifs is 1. The van der Waals surface area contributed by atoms with E-state index in [0.29, 0.717) is 6.42 Å². The number of para-hydroxylation sites is 2. The fourth-order valence-electron chi connectivity index (χ4n) is 3.60. The van der Waals surface area contributed by atoms with E-state index >= 15 is 0 Å². The van der Waals surface area contributed by atoms with E-state index in [4.69, 9.17) is 0 Å². The summed E-state index contributed by atoms with van der Waals surface area (Å²) in [5.41, 5.74) is 3.41. The number of hydrogen-bond donors (Lipinski definition) is 1. The van der Waals surface area contributed by atoms with E-state index in [1.165, 1.54) is 0 Å². The number of nitrogens with zero attached hydrogens (tertiary/aromatic N) is 1. The Labute approximate surface area is 144 Å². The molecule has 0 radical (unpaired) electrons. The van der Waals surface area contributed by atoms with Crippen molar-refractivity contribution < 1.29 is 9.59 Å². The molecule has 0 bridgehead atoms. The van der Waals surface area contributed by atoms with Gasteiger partial charge < -0.3 is 5.32 Å². The Morgan fingerprint density at radius 1 is 1.21 bits per heavy atom. The lowest BCUT2D eigenvalue weighted by atomic mass is 9.88. The number of amides is 1. The monoisotopic (exact) mass is 338 g/mol. The van der Waals surface area contributed by atoms with Gasteiger partial charge in [-0.3, -0.25) is 14.5 Å². The first-order valence-corrected chi connectivity index (χ1v) is 9.00. The first-order chi connectivity index (χ1) is 11.7. The second-order valence-corrected chi connectivity index (χ2v) is 7.10. The van der Waals surface area contributed by atoms with Crippen molar-refractivity contribution >= 4 is 34.4 Å². The van der Waals surface area contributed by atoms with Gasteiger partial charge in [-0.05, 0) is 36.4 Å². The lowest BCUT2D eigenvalue weighted by molar-refractivity contribution is -0.117. The summed E-state index contributed by atoms with van der Waals surface area (Å²) in [6.07, 6.45) is 2.23. The molecule has 24 heavy (non-hydrogen) atoms. The highest BCUT2D eigenvalue weighted by Crippen LogP contribution is 2.45. The maximum Gasteiger partial charge on any atom is 0.224 e. The molecule has 5 heteroatoms. The molecule has 1 N–H and O–H groups in total. The predicted molar refractivity (Wildman–Crippen MR) is 96.2 cm³/mol. The number of anilines is 2. The Morgan fingerprint density at radius 2 is 2.04 bits per heavy atom. The molecule has 1 amide bonds. The van der Waals surface area contributed by atoms with Crippen LogP contribution in [0.5, 0.6) is 0 Å². The molecule has 1 atom stereocenters. The van der Waals surface area contributed by atoms with Crippen molar-refractivity contribution in [3.05, 3.63) is 57.9 Å².